The van der Waals surface area contributed by atoms with Crippen LogP contribution in [-0.2, 0) is 0 Å². The monoisotopic (exact) mass is 458 g/mol. The van der Waals surface area contributed by atoms with Gasteiger partial charge in [-0.3, -0.25) is 0 Å². The Morgan fingerprint density at radius 3 is 0.438 bits per heavy atom. The molecule has 0 aliphatic rings. The van der Waals surface area contributed by atoms with E-state index < -0.39 is 30.7 Å². The van der Waals surface area contributed by atoms with Gasteiger partial charge in [-0.2, -0.15) is 41.9 Å². The standard InChI is InChI=1S/3ClHO4.Gd/c3*2-1(3,4)5;/h3*(H,2,3,4,5);. The summed E-state index contributed by atoms with van der Waals surface area (Å²) in [5.41, 5.74) is 0. The summed E-state index contributed by atoms with van der Waals surface area (Å²) in [5, 5.41) is 0. The maximum absolute atomic E-state index is 8.60. The van der Waals surface area contributed by atoms with E-state index in [1.54, 1.807) is 0 Å². The van der Waals surface area contributed by atoms with Crippen molar-refractivity contribution in [2.75, 3.05) is 0 Å². The Morgan fingerprint density at radius 2 is 0.438 bits per heavy atom. The summed E-state index contributed by atoms with van der Waals surface area (Å²) in [6.45, 7) is 0. The Morgan fingerprint density at radius 1 is 0.438 bits per heavy atom. The summed E-state index contributed by atoms with van der Waals surface area (Å²) in [6.07, 6.45) is 0. The second-order valence-electron chi connectivity index (χ2n) is 1.19. The van der Waals surface area contributed by atoms with Gasteiger partial charge >= 0.3 is 0 Å². The first-order chi connectivity index (χ1) is 6.00. The topological polar surface area (TPSA) is 268 Å². The zero-order valence-corrected chi connectivity index (χ0v) is 11.0. The first-order valence-electron chi connectivity index (χ1n) is 1.90. The van der Waals surface area contributed by atoms with Crippen LogP contribution in [0.25, 0.3) is 0 Å². The van der Waals surface area contributed by atoms with Crippen LogP contribution in [0, 0.1) is 70.7 Å². The van der Waals surface area contributed by atoms with Crippen molar-refractivity contribution >= 4 is 0 Å². The fourth-order valence-electron chi connectivity index (χ4n) is 0. The van der Waals surface area contributed by atoms with Crippen molar-refractivity contribution in [2.24, 2.45) is 0 Å². The zero-order valence-electron chi connectivity index (χ0n) is 6.50. The molecule has 0 saturated heterocycles. The maximum Gasteiger partial charge on any atom is 0.0777 e. The van der Waals surface area contributed by atoms with E-state index in [-0.39, 0.29) is 39.9 Å². The van der Waals surface area contributed by atoms with Gasteiger partial charge in [0.25, 0.3) is 0 Å². The van der Waals surface area contributed by atoms with Crippen LogP contribution in [0.3, 0.4) is 0 Å². The summed E-state index contributed by atoms with van der Waals surface area (Å²) >= 11 is 0. The van der Waals surface area contributed by atoms with Crippen molar-refractivity contribution in [1.29, 1.82) is 0 Å². The molecule has 0 unspecified atom stereocenters. The molecule has 12 nitrogen and oxygen atoms in total. The fraction of sp³-hybridized carbons (Fsp3) is 0. The molecule has 0 spiro atoms. The Hall–Kier alpha value is 1.71. The summed E-state index contributed by atoms with van der Waals surface area (Å²) in [6, 6.07) is 0. The van der Waals surface area contributed by atoms with Gasteiger partial charge in [0.05, 0.1) is 44.7 Å². The summed E-state index contributed by atoms with van der Waals surface area (Å²) < 4.78 is 98.2. The van der Waals surface area contributed by atoms with Crippen LogP contribution < -0.4 is 41.9 Å². The molecule has 0 atom stereocenters. The van der Waals surface area contributed by atoms with Crippen molar-refractivity contribution < 1.29 is 127 Å². The van der Waals surface area contributed by atoms with Gasteiger partial charge in [0.2, 0.25) is 0 Å². The third-order valence-electron chi connectivity index (χ3n) is 0. The van der Waals surface area contributed by atoms with Crippen LogP contribution in [-0.4, -0.2) is 14.0 Å². The molecule has 0 radical (unpaired) electrons. The molecule has 0 amide bonds. The Balaban J connectivity index is -0.0000000655. The maximum atomic E-state index is 8.60. The second-order valence-corrected chi connectivity index (χ2v) is 3.56. The van der Waals surface area contributed by atoms with Gasteiger partial charge in [-0.25, -0.2) is 0 Å². The van der Waals surface area contributed by atoms with Crippen molar-refractivity contribution in [3.8, 4) is 0 Å². The molecule has 0 aliphatic carbocycles. The molecule has 0 aromatic heterocycles. The molecule has 0 aromatic carbocycles. The van der Waals surface area contributed by atoms with E-state index >= 15 is 0 Å². The van der Waals surface area contributed by atoms with Crippen molar-refractivity contribution in [2.45, 2.75) is 0 Å². The third kappa shape index (κ3) is 1160. The first kappa shape index (κ1) is 26.3. The van der Waals surface area contributed by atoms with E-state index in [0.717, 1.165) is 0 Å². The fourth-order valence-corrected chi connectivity index (χ4v) is 0. The summed E-state index contributed by atoms with van der Waals surface area (Å²) in [7, 11) is -14.1. The van der Waals surface area contributed by atoms with Crippen LogP contribution >= 0.6 is 0 Å². The minimum Gasteiger partial charge on any atom is -0.183 e. The average molecular weight is 459 g/mol. The number of halogens is 3. The predicted molar refractivity (Wildman–Crippen MR) is 6.66 cm³/mol. The van der Waals surface area contributed by atoms with Crippen molar-refractivity contribution in [3.63, 3.8) is 0 Å². The SMILES string of the molecule is [Gd].[O-][Cl+3]([O-])([O-])O.[O-][Cl+3]([O-])([O-])O.[O-][Cl+3]([O-])([O-])O. The third-order valence-corrected chi connectivity index (χ3v) is 0. The molecule has 104 valence electrons. The number of hydrogen-bond donors (Lipinski definition) is 3. The van der Waals surface area contributed by atoms with Crippen molar-refractivity contribution in [3.05, 3.63) is 0 Å². The molecule has 0 rings (SSSR count). The molecule has 16 heavy (non-hydrogen) atoms. The van der Waals surface area contributed by atoms with Crippen LogP contribution in [0.5, 0.6) is 0 Å². The molecule has 0 fully saturated rings. The average Bonchev–Trinajstić information content (AvgIpc) is 1.41. The van der Waals surface area contributed by atoms with E-state index in [0.29, 0.717) is 0 Å². The Labute approximate surface area is 125 Å². The van der Waals surface area contributed by atoms with Crippen LogP contribution in [0.4, 0.5) is 0 Å². The minimum atomic E-state index is -4.69. The van der Waals surface area contributed by atoms with E-state index in [1.165, 1.54) is 0 Å². The van der Waals surface area contributed by atoms with Crippen LogP contribution in [0.2, 0.25) is 0 Å². The summed E-state index contributed by atoms with van der Waals surface area (Å²) in [4.78, 5) is 0. The minimum absolute atomic E-state index is 0. The van der Waals surface area contributed by atoms with Gasteiger partial charge in [0.1, 0.15) is 0 Å². The molecule has 3 N–H and O–H groups in total. The Kier molecular flexibility index (Phi) is 17.5. The zero-order chi connectivity index (χ0) is 13.5. The predicted octanol–water partition coefficient (Wildman–Crippen LogP) is -12.4. The summed E-state index contributed by atoms with van der Waals surface area (Å²) in [5.74, 6) is 0. The van der Waals surface area contributed by atoms with Gasteiger partial charge < -0.3 is 0 Å². The molecular formula is H3Cl3GdO12. The molecule has 16 heteroatoms. The van der Waals surface area contributed by atoms with Crippen LogP contribution in [0.15, 0.2) is 0 Å². The number of rotatable bonds is 0. The quantitative estimate of drug-likeness (QED) is 0.305. The van der Waals surface area contributed by atoms with Crippen molar-refractivity contribution in [1.82, 2.24) is 0 Å². The first-order valence-corrected chi connectivity index (χ1v) is 5.69. The molecule has 0 bridgehead atoms. The largest absolute Gasteiger partial charge is 0.183 e. The van der Waals surface area contributed by atoms with E-state index in [2.05, 4.69) is 0 Å². The van der Waals surface area contributed by atoms with E-state index in [9.17, 15) is 0 Å². The molecule has 0 aromatic rings. The van der Waals surface area contributed by atoms with Crippen LogP contribution in [0.1, 0.15) is 0 Å². The molecular weight excluding hydrogens is 456 g/mol. The number of hydrogen-bond acceptors (Lipinski definition) is 12. The van der Waals surface area contributed by atoms with Gasteiger partial charge in [0.15, 0.2) is 0 Å². The second kappa shape index (κ2) is 10.6. The molecule has 0 saturated carbocycles. The Bertz CT molecular complexity index is 91.3. The van der Waals surface area contributed by atoms with Gasteiger partial charge in [-0.05, 0) is 0 Å². The molecule has 0 heterocycles. The van der Waals surface area contributed by atoms with Gasteiger partial charge in [0, 0.05) is 39.9 Å². The normalized spacial score (nSPS) is 11.2. The van der Waals surface area contributed by atoms with Gasteiger partial charge in [-0.1, -0.05) is 0 Å². The van der Waals surface area contributed by atoms with E-state index in [1.807, 2.05) is 0 Å². The van der Waals surface area contributed by atoms with E-state index in [4.69, 9.17) is 55.9 Å². The molecule has 0 aliphatic heterocycles. The smallest absolute Gasteiger partial charge is 0.0777 e. The van der Waals surface area contributed by atoms with Gasteiger partial charge in [-0.15, -0.1) is 0 Å².